The lowest BCUT2D eigenvalue weighted by Crippen LogP contribution is -2.18. The third-order valence-electron chi connectivity index (χ3n) is 5.43. The molecule has 0 atom stereocenters. The van der Waals surface area contributed by atoms with Gasteiger partial charge in [-0.2, -0.15) is 8.42 Å². The number of fused-ring (bicyclic) bond motifs is 1. The van der Waals surface area contributed by atoms with Gasteiger partial charge in [0.25, 0.3) is 0 Å². The topological polar surface area (TPSA) is 75.5 Å². The maximum absolute atomic E-state index is 13.3. The second-order valence-corrected chi connectivity index (χ2v) is 11.3. The van der Waals surface area contributed by atoms with Gasteiger partial charge in [-0.05, 0) is 83.3 Å². The molecule has 0 saturated carbocycles. The van der Waals surface area contributed by atoms with Crippen LogP contribution >= 0.6 is 11.9 Å². The number of rotatable bonds is 9. The minimum Gasteiger partial charge on any atom is -0.494 e. The number of sulfonamides is 1. The van der Waals surface area contributed by atoms with Crippen molar-refractivity contribution in [3.05, 3.63) is 83.7 Å². The Labute approximate surface area is 209 Å². The normalized spacial score (nSPS) is 13.8. The van der Waals surface area contributed by atoms with Crippen LogP contribution < -0.4 is 10.1 Å². The molecule has 1 amide bonds. The molecule has 0 saturated heterocycles. The van der Waals surface area contributed by atoms with E-state index in [1.54, 1.807) is 42.6 Å². The van der Waals surface area contributed by atoms with Crippen molar-refractivity contribution in [3.8, 4) is 5.75 Å². The molecule has 6 nitrogen and oxygen atoms in total. The van der Waals surface area contributed by atoms with Crippen molar-refractivity contribution < 1.29 is 25.7 Å². The molecule has 3 aromatic rings. The number of nitrogens with zero attached hydrogens (tertiary/aromatic N) is 1. The number of carbonyl (C=O) groups excluding carboxylic acids is 1. The molecule has 182 valence electrons. The molecule has 0 aromatic heterocycles. The largest absolute Gasteiger partial charge is 0.494 e. The number of benzene rings is 3. The van der Waals surface area contributed by atoms with Gasteiger partial charge in [0.15, 0.2) is 6.21 Å². The van der Waals surface area contributed by atoms with Crippen molar-refractivity contribution in [3.63, 3.8) is 0 Å². The second-order valence-electron chi connectivity index (χ2n) is 8.16. The first-order valence-electron chi connectivity index (χ1n) is 11.2. The summed E-state index contributed by atoms with van der Waals surface area (Å²) in [5, 5.41) is 2.84. The zero-order valence-corrected chi connectivity index (χ0v) is 20.9. The summed E-state index contributed by atoms with van der Waals surface area (Å²) in [4.78, 5) is 12.3. The van der Waals surface area contributed by atoms with Crippen LogP contribution in [0.25, 0.3) is 0 Å². The number of carbonyl (C=O) groups is 1. The van der Waals surface area contributed by atoms with E-state index in [1.165, 1.54) is 15.5 Å². The Kier molecular flexibility index (Phi) is 7.87. The van der Waals surface area contributed by atoms with Crippen molar-refractivity contribution >= 4 is 39.8 Å². The van der Waals surface area contributed by atoms with Crippen LogP contribution in [0.2, 0.25) is 0 Å². The van der Waals surface area contributed by atoms with Gasteiger partial charge in [-0.25, -0.2) is 4.39 Å². The lowest BCUT2D eigenvalue weighted by atomic mass is 10.0. The number of hydrogen-bond donors (Lipinski definition) is 1. The van der Waals surface area contributed by atoms with Crippen LogP contribution in [-0.2, 0) is 21.2 Å². The minimum absolute atomic E-state index is 0.0188. The van der Waals surface area contributed by atoms with Crippen molar-refractivity contribution in [1.29, 1.82) is 0 Å². The lowest BCUT2D eigenvalue weighted by molar-refractivity contribution is -0.148. The van der Waals surface area contributed by atoms with E-state index in [4.69, 9.17) is 4.74 Å². The van der Waals surface area contributed by atoms with E-state index >= 15 is 0 Å². The smallest absolute Gasteiger partial charge is 0.407 e. The van der Waals surface area contributed by atoms with E-state index < -0.39 is 10.0 Å². The van der Waals surface area contributed by atoms with Crippen LogP contribution in [0.4, 0.5) is 10.1 Å². The summed E-state index contributed by atoms with van der Waals surface area (Å²) in [7, 11) is -3.81. The number of anilines is 1. The van der Waals surface area contributed by atoms with Crippen LogP contribution in [0.15, 0.2) is 76.5 Å². The van der Waals surface area contributed by atoms with Gasteiger partial charge in [-0.1, -0.05) is 17.7 Å². The summed E-state index contributed by atoms with van der Waals surface area (Å²) < 4.78 is 47.0. The fraction of sp³-hybridized carbons (Fsp3) is 0.231. The molecule has 1 aliphatic heterocycles. The highest BCUT2D eigenvalue weighted by atomic mass is 32.3. The van der Waals surface area contributed by atoms with Gasteiger partial charge in [0.2, 0.25) is 17.9 Å². The van der Waals surface area contributed by atoms with Crippen LogP contribution in [0, 0.1) is 12.7 Å². The summed E-state index contributed by atoms with van der Waals surface area (Å²) in [6, 6.07) is 18.0. The number of ether oxygens (including phenoxy) is 1. The summed E-state index contributed by atoms with van der Waals surface area (Å²) in [6.45, 7) is 2.30. The number of hydrogen-bond acceptors (Lipinski definition) is 5. The quantitative estimate of drug-likeness (QED) is 0.181. The summed E-state index contributed by atoms with van der Waals surface area (Å²) in [5.74, 6) is 0.350. The second kappa shape index (κ2) is 11.0. The monoisotopic (exact) mass is 513 g/mol. The highest BCUT2D eigenvalue weighted by Gasteiger charge is 2.29. The Morgan fingerprint density at radius 1 is 1.06 bits per heavy atom. The third kappa shape index (κ3) is 6.49. The molecule has 0 unspecified atom stereocenters. The molecule has 1 heterocycles. The fourth-order valence-electron chi connectivity index (χ4n) is 3.52. The Morgan fingerprint density at radius 2 is 1.80 bits per heavy atom. The standard InChI is InChI=1S/C26H25FN2O4S2/c1-19-4-12-24(13-5-19)35(31,32)29(34-23-10-7-21(27)8-11-23)16-2-3-17-33-22-9-14-25-20(18-22)6-15-26(30)28-25/h4-5,7-14,16,18H,2-3,6,15,17H2,1H3/p+1. The number of unbranched alkanes of at least 4 members (excludes halogenated alkanes) is 1. The average molecular weight is 514 g/mol. The molecule has 1 aliphatic rings. The third-order valence-corrected chi connectivity index (χ3v) is 8.55. The van der Waals surface area contributed by atoms with Crippen molar-refractivity contribution in [2.75, 3.05) is 11.9 Å². The maximum atomic E-state index is 13.3. The van der Waals surface area contributed by atoms with E-state index in [0.29, 0.717) is 42.9 Å². The first-order valence-corrected chi connectivity index (χ1v) is 13.5. The molecular formula is C26H26FN2O4S2+. The van der Waals surface area contributed by atoms with Crippen LogP contribution in [0.3, 0.4) is 0 Å². The predicted octanol–water partition coefficient (Wildman–Crippen LogP) is 5.36. The van der Waals surface area contributed by atoms with Crippen molar-refractivity contribution in [2.45, 2.75) is 42.4 Å². The van der Waals surface area contributed by atoms with Gasteiger partial charge >= 0.3 is 10.0 Å². The lowest BCUT2D eigenvalue weighted by Gasteiger charge is -2.17. The van der Waals surface area contributed by atoms with E-state index in [2.05, 4.69) is 5.32 Å². The van der Waals surface area contributed by atoms with Crippen LogP contribution in [0.5, 0.6) is 5.75 Å². The fourth-order valence-corrected chi connectivity index (χ4v) is 6.06. The van der Waals surface area contributed by atoms with Crippen molar-refractivity contribution in [2.24, 2.45) is 0 Å². The maximum Gasteiger partial charge on any atom is 0.407 e. The Hall–Kier alpha value is -3.17. The zero-order valence-electron chi connectivity index (χ0n) is 19.2. The number of aryl methyl sites for hydroxylation is 2. The summed E-state index contributed by atoms with van der Waals surface area (Å²) >= 11 is 1.02. The molecule has 4 rings (SSSR count). The first-order chi connectivity index (χ1) is 16.8. The van der Waals surface area contributed by atoms with Crippen molar-refractivity contribution in [1.82, 2.24) is 0 Å². The highest BCUT2D eigenvalue weighted by Crippen LogP contribution is 2.28. The highest BCUT2D eigenvalue weighted by molar-refractivity contribution is 8.02. The van der Waals surface area contributed by atoms with Crippen LogP contribution in [0.1, 0.15) is 30.4 Å². The molecule has 1 N–H and O–H groups in total. The van der Waals surface area contributed by atoms with Gasteiger partial charge in [0, 0.05) is 18.5 Å². The molecule has 0 fully saturated rings. The zero-order chi connectivity index (χ0) is 24.8. The number of halogens is 1. The predicted molar refractivity (Wildman–Crippen MR) is 135 cm³/mol. The molecule has 0 bridgehead atoms. The van der Waals surface area contributed by atoms with Gasteiger partial charge in [0.1, 0.15) is 16.5 Å². The molecule has 35 heavy (non-hydrogen) atoms. The summed E-state index contributed by atoms with van der Waals surface area (Å²) in [6.07, 6.45) is 3.81. The molecule has 0 aliphatic carbocycles. The molecule has 3 aromatic carbocycles. The Balaban J connectivity index is 1.43. The van der Waals surface area contributed by atoms with Crippen LogP contribution in [-0.4, -0.2) is 30.5 Å². The van der Waals surface area contributed by atoms with Gasteiger partial charge in [-0.3, -0.25) is 4.79 Å². The van der Waals surface area contributed by atoms with E-state index in [0.717, 1.165) is 28.8 Å². The van der Waals surface area contributed by atoms with Gasteiger partial charge in [-0.15, -0.1) is 0 Å². The molecule has 0 radical (unpaired) electrons. The van der Waals surface area contributed by atoms with Gasteiger partial charge in [0.05, 0.1) is 11.5 Å². The molecule has 9 heteroatoms. The number of amides is 1. The van der Waals surface area contributed by atoms with E-state index in [9.17, 15) is 17.6 Å². The average Bonchev–Trinajstić information content (AvgIpc) is 2.84. The van der Waals surface area contributed by atoms with E-state index in [1.807, 2.05) is 25.1 Å². The van der Waals surface area contributed by atoms with Gasteiger partial charge < -0.3 is 10.1 Å². The minimum atomic E-state index is -3.81. The number of nitrogens with one attached hydrogen (secondary N) is 1. The molecule has 0 spiro atoms. The van der Waals surface area contributed by atoms with E-state index in [-0.39, 0.29) is 16.6 Å². The summed E-state index contributed by atoms with van der Waals surface area (Å²) in [5.41, 5.74) is 2.82. The SMILES string of the molecule is Cc1ccc(S(=O)(=O)[N+](=CCCCOc2ccc3c(c2)CCC(=O)N3)Sc2ccc(F)cc2)cc1. The first kappa shape index (κ1) is 24.9. The molecular weight excluding hydrogens is 487 g/mol. The Bertz CT molecular complexity index is 1340. The Morgan fingerprint density at radius 3 is 2.54 bits per heavy atom.